The number of carbonyl (C=O) groups excluding carboxylic acids is 1. The molecular formula is C3H5NO4. The van der Waals surface area contributed by atoms with E-state index in [-0.39, 0.29) is 5.23 Å². The van der Waals surface area contributed by atoms with Crippen molar-refractivity contribution in [3.05, 3.63) is 12.7 Å². The van der Waals surface area contributed by atoms with Crippen molar-refractivity contribution in [3.8, 4) is 0 Å². The van der Waals surface area contributed by atoms with Crippen molar-refractivity contribution < 1.29 is 20.2 Å². The Morgan fingerprint density at radius 3 is 2.50 bits per heavy atom. The predicted octanol–water partition coefficient (Wildman–Crippen LogP) is -0.205. The van der Waals surface area contributed by atoms with E-state index in [0.717, 1.165) is 6.08 Å². The highest BCUT2D eigenvalue weighted by atomic mass is 17.2. The van der Waals surface area contributed by atoms with Gasteiger partial charge >= 0.3 is 0 Å². The van der Waals surface area contributed by atoms with Gasteiger partial charge in [0.2, 0.25) is 0 Å². The van der Waals surface area contributed by atoms with Gasteiger partial charge in [0.15, 0.2) is 0 Å². The van der Waals surface area contributed by atoms with Crippen LogP contribution in [0.15, 0.2) is 12.7 Å². The Bertz CT molecular complexity index is 101. The lowest BCUT2D eigenvalue weighted by molar-refractivity contribution is -0.466. The van der Waals surface area contributed by atoms with Crippen LogP contribution < -0.4 is 0 Å². The third kappa shape index (κ3) is 1.69. The number of hydrogen-bond acceptors (Lipinski definition) is 4. The summed E-state index contributed by atoms with van der Waals surface area (Å²) in [6.45, 7) is 2.99. The van der Waals surface area contributed by atoms with Gasteiger partial charge in [-0.2, -0.15) is 0 Å². The first-order chi connectivity index (χ1) is 3.72. The van der Waals surface area contributed by atoms with Crippen molar-refractivity contribution in [2.45, 2.75) is 0 Å². The minimum atomic E-state index is -0.937. The maximum absolute atomic E-state index is 10.0. The van der Waals surface area contributed by atoms with Gasteiger partial charge in [-0.15, -0.1) is 0 Å². The lowest BCUT2D eigenvalue weighted by Gasteiger charge is -2.02. The normalized spacial score (nSPS) is 8.25. The summed E-state index contributed by atoms with van der Waals surface area (Å²) in [5, 5.41) is 15.3. The van der Waals surface area contributed by atoms with Gasteiger partial charge in [0, 0.05) is 6.08 Å². The zero-order chi connectivity index (χ0) is 6.57. The lowest BCUT2D eigenvalue weighted by atomic mass is 10.6. The monoisotopic (exact) mass is 119 g/mol. The molecule has 46 valence electrons. The van der Waals surface area contributed by atoms with Crippen LogP contribution in [0.5, 0.6) is 0 Å². The van der Waals surface area contributed by atoms with Crippen molar-refractivity contribution in [1.82, 2.24) is 5.23 Å². The van der Waals surface area contributed by atoms with Gasteiger partial charge in [0.1, 0.15) is 0 Å². The Kier molecular flexibility index (Phi) is 2.78. The third-order valence-corrected chi connectivity index (χ3v) is 0.440. The van der Waals surface area contributed by atoms with Crippen LogP contribution in [0.1, 0.15) is 0 Å². The third-order valence-electron chi connectivity index (χ3n) is 0.440. The van der Waals surface area contributed by atoms with Crippen LogP contribution in [0.3, 0.4) is 0 Å². The maximum atomic E-state index is 10.0. The Balaban J connectivity index is 3.62. The summed E-state index contributed by atoms with van der Waals surface area (Å²) in [5.74, 6) is -0.937. The van der Waals surface area contributed by atoms with E-state index in [0.29, 0.717) is 0 Å². The van der Waals surface area contributed by atoms with Crippen LogP contribution in [0.25, 0.3) is 0 Å². The molecule has 0 rings (SSSR count). The first kappa shape index (κ1) is 7.09. The van der Waals surface area contributed by atoms with Crippen LogP contribution in [-0.2, 0) is 9.78 Å². The molecule has 2 N–H and O–H groups in total. The second-order valence-electron chi connectivity index (χ2n) is 0.897. The molecule has 1 amide bonds. The van der Waals surface area contributed by atoms with Crippen LogP contribution in [0.4, 0.5) is 0 Å². The number of hydrogen-bond donors (Lipinski definition) is 2. The highest BCUT2D eigenvalue weighted by molar-refractivity contribution is 5.84. The molecule has 0 unspecified atom stereocenters. The van der Waals surface area contributed by atoms with E-state index < -0.39 is 5.91 Å². The van der Waals surface area contributed by atoms with Gasteiger partial charge in [-0.1, -0.05) is 16.8 Å². The summed E-state index contributed by atoms with van der Waals surface area (Å²) in [4.78, 5) is 13.1. The zero-order valence-electron chi connectivity index (χ0n) is 3.94. The van der Waals surface area contributed by atoms with Crippen LogP contribution in [0, 0.1) is 0 Å². The quantitative estimate of drug-likeness (QED) is 0.228. The average molecular weight is 119 g/mol. The second kappa shape index (κ2) is 3.14. The zero-order valence-corrected chi connectivity index (χ0v) is 3.94. The first-order valence-electron chi connectivity index (χ1n) is 1.69. The van der Waals surface area contributed by atoms with Gasteiger partial charge in [-0.3, -0.25) is 10.0 Å². The first-order valence-corrected chi connectivity index (χ1v) is 1.69. The average Bonchev–Trinajstić information content (AvgIpc) is 1.84. The van der Waals surface area contributed by atoms with Gasteiger partial charge in [0.05, 0.1) is 0 Å². The van der Waals surface area contributed by atoms with Crippen LogP contribution >= 0.6 is 0 Å². The number of carbonyl (C=O) groups is 1. The fraction of sp³-hybridized carbons (Fsp3) is 0. The van der Waals surface area contributed by atoms with Crippen molar-refractivity contribution >= 4 is 5.91 Å². The number of amides is 1. The van der Waals surface area contributed by atoms with Gasteiger partial charge in [-0.05, 0) is 0 Å². The van der Waals surface area contributed by atoms with E-state index in [1.54, 1.807) is 0 Å². The van der Waals surface area contributed by atoms with E-state index in [1.165, 1.54) is 0 Å². The molecule has 0 fully saturated rings. The summed E-state index contributed by atoms with van der Waals surface area (Å²) < 4.78 is 0. The van der Waals surface area contributed by atoms with Gasteiger partial charge in [0.25, 0.3) is 5.91 Å². The molecule has 0 spiro atoms. The number of nitrogens with zero attached hydrogens (tertiary/aromatic N) is 1. The summed E-state index contributed by atoms with van der Waals surface area (Å²) in [6.07, 6.45) is 0.774. The minimum Gasteiger partial charge on any atom is -0.265 e. The van der Waals surface area contributed by atoms with E-state index in [1.807, 2.05) is 0 Å². The molecule has 0 bridgehead atoms. The van der Waals surface area contributed by atoms with Gasteiger partial charge in [-0.25, -0.2) is 5.26 Å². The molecule has 0 aromatic rings. The molecular weight excluding hydrogens is 114 g/mol. The Morgan fingerprint density at radius 1 is 1.88 bits per heavy atom. The molecule has 0 aliphatic rings. The van der Waals surface area contributed by atoms with E-state index in [2.05, 4.69) is 11.6 Å². The molecule has 0 atom stereocenters. The molecule has 0 heterocycles. The molecule has 0 saturated heterocycles. The predicted molar refractivity (Wildman–Crippen MR) is 22.5 cm³/mol. The highest BCUT2D eigenvalue weighted by Crippen LogP contribution is 1.81. The van der Waals surface area contributed by atoms with E-state index in [9.17, 15) is 4.79 Å². The summed E-state index contributed by atoms with van der Waals surface area (Å²) in [7, 11) is 0. The van der Waals surface area contributed by atoms with Gasteiger partial charge < -0.3 is 0 Å². The molecule has 0 radical (unpaired) electrons. The maximum Gasteiger partial charge on any atom is 0.298 e. The SMILES string of the molecule is C=CC(=O)N(O)OO. The number of hydroxylamine groups is 2. The van der Waals surface area contributed by atoms with Crippen molar-refractivity contribution in [3.63, 3.8) is 0 Å². The molecule has 5 nitrogen and oxygen atoms in total. The molecule has 0 aromatic heterocycles. The van der Waals surface area contributed by atoms with E-state index >= 15 is 0 Å². The molecule has 5 heteroatoms. The largest absolute Gasteiger partial charge is 0.298 e. The summed E-state index contributed by atoms with van der Waals surface area (Å²) in [5.41, 5.74) is 0. The molecule has 0 saturated carbocycles. The number of rotatable bonds is 2. The summed E-state index contributed by atoms with van der Waals surface area (Å²) in [6, 6.07) is 0. The van der Waals surface area contributed by atoms with Crippen molar-refractivity contribution in [2.75, 3.05) is 0 Å². The second-order valence-corrected chi connectivity index (χ2v) is 0.897. The van der Waals surface area contributed by atoms with E-state index in [4.69, 9.17) is 10.5 Å². The lowest BCUT2D eigenvalue weighted by Crippen LogP contribution is -2.23. The molecule has 8 heavy (non-hydrogen) atoms. The van der Waals surface area contributed by atoms with Crippen molar-refractivity contribution in [1.29, 1.82) is 0 Å². The smallest absolute Gasteiger partial charge is 0.265 e. The minimum absolute atomic E-state index is 0.354. The Hall–Kier alpha value is -0.910. The highest BCUT2D eigenvalue weighted by Gasteiger charge is 2.03. The fourth-order valence-corrected chi connectivity index (χ4v) is 0.118. The standard InChI is InChI=1S/C3H5NO4/c1-2-3(5)4(6)8-7/h2,6-7H,1H2. The molecule has 0 aliphatic carbocycles. The molecule has 0 aromatic carbocycles. The topological polar surface area (TPSA) is 70.0 Å². The summed E-state index contributed by atoms with van der Waals surface area (Å²) >= 11 is 0. The Morgan fingerprint density at radius 2 is 2.38 bits per heavy atom. The fourth-order valence-electron chi connectivity index (χ4n) is 0.118. The van der Waals surface area contributed by atoms with Crippen LogP contribution in [-0.4, -0.2) is 21.6 Å². The van der Waals surface area contributed by atoms with Crippen LogP contribution in [0.2, 0.25) is 0 Å². The Labute approximate surface area is 45.2 Å². The van der Waals surface area contributed by atoms with Crippen molar-refractivity contribution in [2.24, 2.45) is 0 Å². The molecule has 0 aliphatic heterocycles.